The molecular weight excluding hydrogens is 242 g/mol. The van der Waals surface area contributed by atoms with E-state index in [4.69, 9.17) is 0 Å². The summed E-state index contributed by atoms with van der Waals surface area (Å²) in [4.78, 5) is 10.5. The molecule has 0 saturated carbocycles. The van der Waals surface area contributed by atoms with Crippen LogP contribution in [0.15, 0.2) is 16.9 Å². The number of rotatable bonds is 4. The van der Waals surface area contributed by atoms with Crippen molar-refractivity contribution in [3.05, 3.63) is 16.9 Å². The molecule has 0 amide bonds. The predicted octanol–water partition coefficient (Wildman–Crippen LogP) is 2.72. The number of hydrogen-bond acceptors (Lipinski definition) is 3. The zero-order valence-electron chi connectivity index (χ0n) is 8.87. The summed E-state index contributed by atoms with van der Waals surface area (Å²) in [6, 6.07) is 0. The van der Waals surface area contributed by atoms with E-state index in [0.29, 0.717) is 5.92 Å². The van der Waals surface area contributed by atoms with E-state index in [0.717, 1.165) is 23.4 Å². The van der Waals surface area contributed by atoms with E-state index in [9.17, 15) is 0 Å². The van der Waals surface area contributed by atoms with Gasteiger partial charge in [0.2, 0.25) is 5.95 Å². The SMILES string of the molecule is CC(C)CCN(C)c1ncc(Br)cn1. The molecule has 0 aliphatic rings. The van der Waals surface area contributed by atoms with E-state index < -0.39 is 0 Å². The molecular formula is C10H16BrN3. The Labute approximate surface area is 93.7 Å². The van der Waals surface area contributed by atoms with Crippen LogP contribution in [0.3, 0.4) is 0 Å². The summed E-state index contributed by atoms with van der Waals surface area (Å²) in [5.41, 5.74) is 0. The van der Waals surface area contributed by atoms with E-state index in [1.807, 2.05) is 7.05 Å². The number of aromatic nitrogens is 2. The Morgan fingerprint density at radius 2 is 1.93 bits per heavy atom. The molecule has 0 fully saturated rings. The van der Waals surface area contributed by atoms with Crippen LogP contribution in [0.2, 0.25) is 0 Å². The van der Waals surface area contributed by atoms with Gasteiger partial charge >= 0.3 is 0 Å². The summed E-state index contributed by atoms with van der Waals surface area (Å²) in [6.45, 7) is 5.44. The van der Waals surface area contributed by atoms with Crippen LogP contribution in [-0.4, -0.2) is 23.6 Å². The van der Waals surface area contributed by atoms with Crippen molar-refractivity contribution in [2.45, 2.75) is 20.3 Å². The molecule has 1 aromatic rings. The van der Waals surface area contributed by atoms with Crippen LogP contribution in [0, 0.1) is 5.92 Å². The molecule has 0 aliphatic carbocycles. The lowest BCUT2D eigenvalue weighted by Crippen LogP contribution is -2.21. The van der Waals surface area contributed by atoms with Crippen molar-refractivity contribution in [3.63, 3.8) is 0 Å². The van der Waals surface area contributed by atoms with Gasteiger partial charge in [0.15, 0.2) is 0 Å². The van der Waals surface area contributed by atoms with Gasteiger partial charge in [-0.15, -0.1) is 0 Å². The summed E-state index contributed by atoms with van der Waals surface area (Å²) in [5.74, 6) is 1.50. The van der Waals surface area contributed by atoms with Crippen molar-refractivity contribution in [2.24, 2.45) is 5.92 Å². The molecule has 0 N–H and O–H groups in total. The molecule has 0 spiro atoms. The fraction of sp³-hybridized carbons (Fsp3) is 0.600. The Balaban J connectivity index is 2.52. The van der Waals surface area contributed by atoms with Gasteiger partial charge in [-0.05, 0) is 28.3 Å². The zero-order valence-corrected chi connectivity index (χ0v) is 10.5. The van der Waals surface area contributed by atoms with Crippen molar-refractivity contribution in [1.29, 1.82) is 0 Å². The van der Waals surface area contributed by atoms with Crippen LogP contribution in [0.1, 0.15) is 20.3 Å². The molecule has 0 unspecified atom stereocenters. The second kappa shape index (κ2) is 5.29. The molecule has 0 saturated heterocycles. The third-order valence-electron chi connectivity index (χ3n) is 1.99. The average Bonchev–Trinajstić information content (AvgIpc) is 2.15. The first-order valence-corrected chi connectivity index (χ1v) is 5.57. The van der Waals surface area contributed by atoms with Crippen LogP contribution in [0.5, 0.6) is 0 Å². The monoisotopic (exact) mass is 257 g/mol. The van der Waals surface area contributed by atoms with Crippen LogP contribution in [0.25, 0.3) is 0 Å². The van der Waals surface area contributed by atoms with Crippen molar-refractivity contribution in [3.8, 4) is 0 Å². The average molecular weight is 258 g/mol. The molecule has 3 nitrogen and oxygen atoms in total. The van der Waals surface area contributed by atoms with E-state index in [-0.39, 0.29) is 0 Å². The summed E-state index contributed by atoms with van der Waals surface area (Å²) in [6.07, 6.45) is 4.71. The topological polar surface area (TPSA) is 29.0 Å². The Bertz CT molecular complexity index is 271. The first-order chi connectivity index (χ1) is 6.59. The summed E-state index contributed by atoms with van der Waals surface area (Å²) in [5, 5.41) is 0. The van der Waals surface area contributed by atoms with Crippen LogP contribution in [-0.2, 0) is 0 Å². The zero-order chi connectivity index (χ0) is 10.6. The first kappa shape index (κ1) is 11.4. The molecule has 0 bridgehead atoms. The van der Waals surface area contributed by atoms with Gasteiger partial charge in [0, 0.05) is 26.0 Å². The normalized spacial score (nSPS) is 10.6. The predicted molar refractivity (Wildman–Crippen MR) is 62.5 cm³/mol. The van der Waals surface area contributed by atoms with Gasteiger partial charge < -0.3 is 4.90 Å². The molecule has 1 aromatic heterocycles. The number of halogens is 1. The minimum Gasteiger partial charge on any atom is -0.344 e. The maximum absolute atomic E-state index is 4.22. The van der Waals surface area contributed by atoms with Gasteiger partial charge in [-0.2, -0.15) is 0 Å². The van der Waals surface area contributed by atoms with E-state index in [1.165, 1.54) is 0 Å². The second-order valence-corrected chi connectivity index (χ2v) is 4.72. The van der Waals surface area contributed by atoms with E-state index in [2.05, 4.69) is 44.6 Å². The quantitative estimate of drug-likeness (QED) is 0.831. The lowest BCUT2D eigenvalue weighted by atomic mass is 10.1. The fourth-order valence-electron chi connectivity index (χ4n) is 1.05. The van der Waals surface area contributed by atoms with Gasteiger partial charge in [0.25, 0.3) is 0 Å². The van der Waals surface area contributed by atoms with Crippen molar-refractivity contribution in [2.75, 3.05) is 18.5 Å². The largest absolute Gasteiger partial charge is 0.344 e. The Morgan fingerprint density at radius 1 is 1.36 bits per heavy atom. The Kier molecular flexibility index (Phi) is 4.32. The standard InChI is InChI=1S/C10H16BrN3/c1-8(2)4-5-14(3)10-12-6-9(11)7-13-10/h6-8H,4-5H2,1-3H3. The molecule has 14 heavy (non-hydrogen) atoms. The highest BCUT2D eigenvalue weighted by Crippen LogP contribution is 2.10. The summed E-state index contributed by atoms with van der Waals surface area (Å²) < 4.78 is 0.915. The van der Waals surface area contributed by atoms with Crippen molar-refractivity contribution >= 4 is 21.9 Å². The van der Waals surface area contributed by atoms with Gasteiger partial charge in [0.05, 0.1) is 4.47 Å². The van der Waals surface area contributed by atoms with E-state index >= 15 is 0 Å². The smallest absolute Gasteiger partial charge is 0.225 e. The van der Waals surface area contributed by atoms with Gasteiger partial charge in [-0.25, -0.2) is 9.97 Å². The van der Waals surface area contributed by atoms with E-state index in [1.54, 1.807) is 12.4 Å². The molecule has 0 aliphatic heterocycles. The van der Waals surface area contributed by atoms with Crippen molar-refractivity contribution < 1.29 is 0 Å². The third kappa shape index (κ3) is 3.62. The maximum atomic E-state index is 4.22. The number of anilines is 1. The minimum atomic E-state index is 0.716. The van der Waals surface area contributed by atoms with Gasteiger partial charge in [0.1, 0.15) is 0 Å². The van der Waals surface area contributed by atoms with Gasteiger partial charge in [-0.1, -0.05) is 13.8 Å². The number of hydrogen-bond donors (Lipinski definition) is 0. The van der Waals surface area contributed by atoms with Crippen LogP contribution in [0.4, 0.5) is 5.95 Å². The summed E-state index contributed by atoms with van der Waals surface area (Å²) in [7, 11) is 2.02. The molecule has 78 valence electrons. The molecule has 1 rings (SSSR count). The third-order valence-corrected chi connectivity index (χ3v) is 2.40. The molecule has 4 heteroatoms. The van der Waals surface area contributed by atoms with Crippen LogP contribution < -0.4 is 4.90 Å². The first-order valence-electron chi connectivity index (χ1n) is 4.78. The highest BCUT2D eigenvalue weighted by atomic mass is 79.9. The lowest BCUT2D eigenvalue weighted by Gasteiger charge is -2.17. The molecule has 0 atom stereocenters. The lowest BCUT2D eigenvalue weighted by molar-refractivity contribution is 0.581. The molecule has 0 aromatic carbocycles. The fourth-order valence-corrected chi connectivity index (χ4v) is 1.26. The highest BCUT2D eigenvalue weighted by Gasteiger charge is 2.04. The summed E-state index contributed by atoms with van der Waals surface area (Å²) >= 11 is 3.31. The second-order valence-electron chi connectivity index (χ2n) is 3.81. The number of nitrogens with zero attached hydrogens (tertiary/aromatic N) is 3. The molecule has 0 radical (unpaired) electrons. The highest BCUT2D eigenvalue weighted by molar-refractivity contribution is 9.10. The Hall–Kier alpha value is -0.640. The molecule has 1 heterocycles. The maximum Gasteiger partial charge on any atom is 0.225 e. The van der Waals surface area contributed by atoms with Crippen molar-refractivity contribution in [1.82, 2.24) is 9.97 Å². The minimum absolute atomic E-state index is 0.716. The van der Waals surface area contributed by atoms with Crippen LogP contribution >= 0.6 is 15.9 Å². The Morgan fingerprint density at radius 3 is 2.43 bits per heavy atom. The van der Waals surface area contributed by atoms with Gasteiger partial charge in [-0.3, -0.25) is 0 Å².